The summed E-state index contributed by atoms with van der Waals surface area (Å²) in [4.78, 5) is 22.1. The smallest absolute Gasteiger partial charge is 0.416 e. The molecule has 0 bridgehead atoms. The zero-order valence-corrected chi connectivity index (χ0v) is 16.2. The first kappa shape index (κ1) is 22.6. The standard InChI is InChI=1S/C17H17F3N2S.C2H2O4/c1-21-9-4-10-22-13-5-2-3-6-15(13)23-16-8-7-12(11-14(16)22)17(18,19)20;3-1(4)2(5)6/h2-3,5-8,11,21H,4,9-10H2,1H3;(H,3,4)(H,5,6). The minimum absolute atomic E-state index is 0.602. The molecule has 0 saturated carbocycles. The van der Waals surface area contributed by atoms with Crippen molar-refractivity contribution in [1.82, 2.24) is 5.32 Å². The normalized spacial score (nSPS) is 12.3. The van der Waals surface area contributed by atoms with Gasteiger partial charge in [0.1, 0.15) is 0 Å². The fourth-order valence-corrected chi connectivity index (χ4v) is 3.74. The number of nitrogens with zero attached hydrogens (tertiary/aromatic N) is 1. The highest BCUT2D eigenvalue weighted by atomic mass is 32.2. The minimum atomic E-state index is -4.33. The van der Waals surface area contributed by atoms with Crippen molar-refractivity contribution in [3.63, 3.8) is 0 Å². The fourth-order valence-electron chi connectivity index (χ4n) is 2.66. The van der Waals surface area contributed by atoms with E-state index in [1.54, 1.807) is 6.07 Å². The van der Waals surface area contributed by atoms with Crippen LogP contribution in [0.5, 0.6) is 0 Å². The molecule has 156 valence electrons. The summed E-state index contributed by atoms with van der Waals surface area (Å²) in [5, 5.41) is 17.9. The van der Waals surface area contributed by atoms with Crippen LogP contribution in [0.3, 0.4) is 0 Å². The molecule has 29 heavy (non-hydrogen) atoms. The van der Waals surface area contributed by atoms with Crippen molar-refractivity contribution in [3.8, 4) is 0 Å². The van der Waals surface area contributed by atoms with Gasteiger partial charge in [0.25, 0.3) is 0 Å². The molecule has 3 rings (SSSR count). The molecule has 0 atom stereocenters. The van der Waals surface area contributed by atoms with Crippen LogP contribution in [0.1, 0.15) is 12.0 Å². The van der Waals surface area contributed by atoms with Crippen LogP contribution in [0, 0.1) is 0 Å². The van der Waals surface area contributed by atoms with Crippen LogP contribution in [0.15, 0.2) is 52.3 Å². The second-order valence-electron chi connectivity index (χ2n) is 5.97. The Hall–Kier alpha value is -2.72. The van der Waals surface area contributed by atoms with Gasteiger partial charge in [-0.05, 0) is 50.3 Å². The number of rotatable bonds is 4. The highest BCUT2D eigenvalue weighted by molar-refractivity contribution is 7.99. The van der Waals surface area contributed by atoms with Gasteiger partial charge >= 0.3 is 18.1 Å². The molecule has 1 aliphatic heterocycles. The van der Waals surface area contributed by atoms with E-state index in [9.17, 15) is 13.2 Å². The molecule has 0 amide bonds. The first-order valence-corrected chi connectivity index (χ1v) is 9.33. The Morgan fingerprint density at radius 1 is 1.03 bits per heavy atom. The molecular weight excluding hydrogens is 409 g/mol. The van der Waals surface area contributed by atoms with Gasteiger partial charge in [-0.1, -0.05) is 23.9 Å². The SMILES string of the molecule is CNCCCN1c2ccccc2Sc2ccc(C(F)(F)F)cc21.O=C(O)C(=O)O. The van der Waals surface area contributed by atoms with Crippen LogP contribution in [0.4, 0.5) is 24.5 Å². The lowest BCUT2D eigenvalue weighted by atomic mass is 10.1. The van der Waals surface area contributed by atoms with Gasteiger partial charge in [0.15, 0.2) is 0 Å². The summed E-state index contributed by atoms with van der Waals surface area (Å²) >= 11 is 1.52. The van der Waals surface area contributed by atoms with Crippen molar-refractivity contribution in [2.45, 2.75) is 22.4 Å². The maximum atomic E-state index is 13.1. The maximum absolute atomic E-state index is 13.1. The molecule has 2 aromatic rings. The van der Waals surface area contributed by atoms with E-state index in [-0.39, 0.29) is 0 Å². The van der Waals surface area contributed by atoms with E-state index in [1.807, 2.05) is 36.2 Å². The summed E-state index contributed by atoms with van der Waals surface area (Å²) in [5.41, 5.74) is 1.01. The number of fused-ring (bicyclic) bond motifs is 2. The summed E-state index contributed by atoms with van der Waals surface area (Å²) in [6, 6.07) is 11.8. The predicted molar refractivity (Wildman–Crippen MR) is 103 cm³/mol. The molecule has 0 aliphatic carbocycles. The van der Waals surface area contributed by atoms with Gasteiger partial charge in [0, 0.05) is 16.3 Å². The van der Waals surface area contributed by atoms with Gasteiger partial charge in [0.2, 0.25) is 0 Å². The van der Waals surface area contributed by atoms with Gasteiger partial charge in [-0.15, -0.1) is 0 Å². The van der Waals surface area contributed by atoms with Gasteiger partial charge in [0.05, 0.1) is 16.9 Å². The highest BCUT2D eigenvalue weighted by Gasteiger charge is 2.33. The number of anilines is 2. The first-order valence-electron chi connectivity index (χ1n) is 8.51. The van der Waals surface area contributed by atoms with Crippen molar-refractivity contribution in [1.29, 1.82) is 0 Å². The third-order valence-corrected chi connectivity index (χ3v) is 5.07. The topological polar surface area (TPSA) is 89.9 Å². The number of hydrogen-bond acceptors (Lipinski definition) is 5. The molecule has 0 spiro atoms. The lowest BCUT2D eigenvalue weighted by Gasteiger charge is -2.33. The van der Waals surface area contributed by atoms with Crippen LogP contribution in [0.25, 0.3) is 0 Å². The molecule has 1 aliphatic rings. The quantitative estimate of drug-likeness (QED) is 0.500. The molecule has 0 unspecified atom stereocenters. The monoisotopic (exact) mass is 428 g/mol. The van der Waals surface area contributed by atoms with Crippen molar-refractivity contribution >= 4 is 35.1 Å². The van der Waals surface area contributed by atoms with Crippen LogP contribution in [0.2, 0.25) is 0 Å². The number of nitrogens with one attached hydrogen (secondary N) is 1. The lowest BCUT2D eigenvalue weighted by Crippen LogP contribution is -2.25. The molecule has 1 heterocycles. The van der Waals surface area contributed by atoms with Crippen LogP contribution in [-0.2, 0) is 15.8 Å². The number of carboxylic acid groups (broad SMARTS) is 2. The summed E-state index contributed by atoms with van der Waals surface area (Å²) in [5.74, 6) is -3.65. The molecular formula is C19H19F3N2O4S. The average Bonchev–Trinajstić information content (AvgIpc) is 2.67. The number of carboxylic acids is 2. The Balaban J connectivity index is 0.000000438. The first-order chi connectivity index (χ1) is 13.6. The van der Waals surface area contributed by atoms with E-state index < -0.39 is 23.7 Å². The molecule has 0 saturated heterocycles. The van der Waals surface area contributed by atoms with E-state index in [1.165, 1.54) is 17.8 Å². The van der Waals surface area contributed by atoms with Gasteiger partial charge in [-0.3, -0.25) is 0 Å². The molecule has 0 aromatic heterocycles. The van der Waals surface area contributed by atoms with Gasteiger partial charge in [-0.25, -0.2) is 9.59 Å². The Morgan fingerprint density at radius 2 is 1.66 bits per heavy atom. The van der Waals surface area contributed by atoms with Crippen LogP contribution < -0.4 is 10.2 Å². The second-order valence-corrected chi connectivity index (χ2v) is 7.05. The number of para-hydroxylation sites is 1. The highest BCUT2D eigenvalue weighted by Crippen LogP contribution is 2.49. The number of alkyl halides is 3. The van der Waals surface area contributed by atoms with Crippen LogP contribution >= 0.6 is 11.8 Å². The Bertz CT molecular complexity index is 878. The number of halogens is 3. The second kappa shape index (κ2) is 9.66. The third-order valence-electron chi connectivity index (χ3n) is 3.94. The zero-order chi connectivity index (χ0) is 21.6. The van der Waals surface area contributed by atoms with Gasteiger partial charge < -0.3 is 20.4 Å². The largest absolute Gasteiger partial charge is 0.473 e. The molecule has 10 heteroatoms. The molecule has 0 fully saturated rings. The lowest BCUT2D eigenvalue weighted by molar-refractivity contribution is -0.159. The average molecular weight is 428 g/mol. The molecule has 6 nitrogen and oxygen atoms in total. The number of aliphatic carboxylic acids is 2. The molecule has 2 aromatic carbocycles. The van der Waals surface area contributed by atoms with Crippen molar-refractivity contribution in [2.24, 2.45) is 0 Å². The van der Waals surface area contributed by atoms with E-state index in [4.69, 9.17) is 19.8 Å². The Labute approximate surface area is 169 Å². The Morgan fingerprint density at radius 3 is 2.24 bits per heavy atom. The third kappa shape index (κ3) is 5.88. The Kier molecular flexibility index (Phi) is 7.52. The minimum Gasteiger partial charge on any atom is -0.473 e. The van der Waals surface area contributed by atoms with Crippen molar-refractivity contribution in [3.05, 3.63) is 48.0 Å². The summed E-state index contributed by atoms with van der Waals surface area (Å²) in [6.45, 7) is 1.49. The zero-order valence-electron chi connectivity index (χ0n) is 15.4. The summed E-state index contributed by atoms with van der Waals surface area (Å²) in [6.07, 6.45) is -3.47. The van der Waals surface area contributed by atoms with E-state index in [2.05, 4.69) is 5.32 Å². The summed E-state index contributed by atoms with van der Waals surface area (Å²) < 4.78 is 39.2. The fraction of sp³-hybridized carbons (Fsp3) is 0.263. The van der Waals surface area contributed by atoms with Gasteiger partial charge in [-0.2, -0.15) is 13.2 Å². The summed E-state index contributed by atoms with van der Waals surface area (Å²) in [7, 11) is 1.87. The van der Waals surface area contributed by atoms with Crippen LogP contribution in [-0.4, -0.2) is 42.3 Å². The van der Waals surface area contributed by atoms with Crippen molar-refractivity contribution in [2.75, 3.05) is 25.0 Å². The van der Waals surface area contributed by atoms with E-state index >= 15 is 0 Å². The maximum Gasteiger partial charge on any atom is 0.416 e. The molecule has 3 N–H and O–H groups in total. The van der Waals surface area contributed by atoms with Crippen molar-refractivity contribution < 1.29 is 33.0 Å². The molecule has 0 radical (unpaired) electrons. The predicted octanol–water partition coefficient (Wildman–Crippen LogP) is 4.07. The van der Waals surface area contributed by atoms with E-state index in [0.29, 0.717) is 12.2 Å². The number of benzene rings is 2. The number of hydrogen-bond donors (Lipinski definition) is 3. The number of carbonyl (C=O) groups is 2. The van der Waals surface area contributed by atoms with E-state index in [0.717, 1.165) is 34.5 Å².